The molecule has 1 aliphatic rings. The van der Waals surface area contributed by atoms with Crippen molar-refractivity contribution in [2.45, 2.75) is 45.7 Å². The zero-order chi connectivity index (χ0) is 17.6. The minimum absolute atomic E-state index is 0.158. The Labute approximate surface area is 143 Å². The van der Waals surface area contributed by atoms with Crippen molar-refractivity contribution >= 4 is 22.6 Å². The van der Waals surface area contributed by atoms with Crippen LogP contribution < -0.4 is 10.9 Å². The Bertz CT molecular complexity index is 1010. The van der Waals surface area contributed by atoms with E-state index in [4.69, 9.17) is 0 Å². The van der Waals surface area contributed by atoms with Crippen molar-refractivity contribution in [3.05, 3.63) is 40.1 Å². The van der Waals surface area contributed by atoms with Gasteiger partial charge in [0.1, 0.15) is 11.1 Å². The molecule has 0 aromatic carbocycles. The highest BCUT2D eigenvalue weighted by Gasteiger charge is 2.25. The Morgan fingerprint density at radius 2 is 2.24 bits per heavy atom. The Balaban J connectivity index is 1.70. The maximum atomic E-state index is 12.7. The number of pyridine rings is 1. The zero-order valence-corrected chi connectivity index (χ0v) is 14.2. The number of nitrogens with zero attached hydrogens (tertiary/aromatic N) is 4. The summed E-state index contributed by atoms with van der Waals surface area (Å²) in [5.41, 5.74) is 1.80. The van der Waals surface area contributed by atoms with Gasteiger partial charge in [0.15, 0.2) is 5.82 Å². The van der Waals surface area contributed by atoms with Gasteiger partial charge < -0.3 is 9.88 Å². The van der Waals surface area contributed by atoms with E-state index in [0.717, 1.165) is 25.0 Å². The van der Waals surface area contributed by atoms with E-state index in [-0.39, 0.29) is 23.3 Å². The molecule has 8 heteroatoms. The van der Waals surface area contributed by atoms with Crippen molar-refractivity contribution in [1.82, 2.24) is 24.5 Å². The summed E-state index contributed by atoms with van der Waals surface area (Å²) in [6, 6.07) is 3.84. The number of aromatic nitrogens is 5. The second kappa shape index (κ2) is 5.87. The van der Waals surface area contributed by atoms with Crippen LogP contribution in [0.1, 0.15) is 48.4 Å². The number of hydrogen-bond donors (Lipinski definition) is 2. The second-order valence-electron chi connectivity index (χ2n) is 6.40. The molecule has 2 N–H and O–H groups in total. The van der Waals surface area contributed by atoms with Crippen LogP contribution in [0.2, 0.25) is 0 Å². The number of H-pyrrole nitrogens is 1. The highest BCUT2D eigenvalue weighted by atomic mass is 16.2. The fourth-order valence-corrected chi connectivity index (χ4v) is 3.33. The molecular formula is C17H20N6O2. The number of hydrogen-bond acceptors (Lipinski definition) is 4. The predicted octanol–water partition coefficient (Wildman–Crippen LogP) is 2.23. The Morgan fingerprint density at radius 1 is 1.44 bits per heavy atom. The summed E-state index contributed by atoms with van der Waals surface area (Å²) in [6.45, 7) is 4.35. The molecule has 130 valence electrons. The molecule has 8 nitrogen and oxygen atoms in total. The number of carbonyl (C=O) groups excluding carboxylic acids is 1. The summed E-state index contributed by atoms with van der Waals surface area (Å²) in [6.07, 6.45) is 4.86. The molecule has 0 spiro atoms. The fourth-order valence-electron chi connectivity index (χ4n) is 3.33. The lowest BCUT2D eigenvalue weighted by atomic mass is 9.93. The van der Waals surface area contributed by atoms with Crippen molar-refractivity contribution in [3.8, 4) is 0 Å². The number of fused-ring (bicyclic) bond motifs is 1. The molecular weight excluding hydrogens is 320 g/mol. The molecule has 0 radical (unpaired) electrons. The maximum Gasteiger partial charge on any atom is 0.275 e. The molecule has 0 atom stereocenters. The quantitative estimate of drug-likeness (QED) is 0.761. The van der Waals surface area contributed by atoms with Gasteiger partial charge in [-0.25, -0.2) is 0 Å². The van der Waals surface area contributed by atoms with E-state index < -0.39 is 0 Å². The van der Waals surface area contributed by atoms with E-state index in [2.05, 4.69) is 20.6 Å². The lowest BCUT2D eigenvalue weighted by molar-refractivity contribution is 0.100. The molecule has 4 rings (SSSR count). The van der Waals surface area contributed by atoms with Gasteiger partial charge in [-0.2, -0.15) is 10.2 Å². The van der Waals surface area contributed by atoms with E-state index in [1.54, 1.807) is 21.5 Å². The average Bonchev–Trinajstić information content (AvgIpc) is 3.13. The third kappa shape index (κ3) is 2.45. The van der Waals surface area contributed by atoms with Crippen LogP contribution in [0.4, 0.5) is 5.82 Å². The Morgan fingerprint density at radius 3 is 2.92 bits per heavy atom. The van der Waals surface area contributed by atoms with Crippen LogP contribution in [-0.4, -0.2) is 30.5 Å². The van der Waals surface area contributed by atoms with Crippen LogP contribution in [0.5, 0.6) is 0 Å². The first-order valence-electron chi connectivity index (χ1n) is 8.53. The first kappa shape index (κ1) is 15.6. The SMILES string of the molecule is CCn1c(C)cc2[nH]nc(NC(=O)c3ccnn3C3CCC3)c2c1=O. The van der Waals surface area contributed by atoms with Crippen molar-refractivity contribution in [3.63, 3.8) is 0 Å². The normalized spacial score (nSPS) is 14.6. The molecule has 0 unspecified atom stereocenters. The fraction of sp³-hybridized carbons (Fsp3) is 0.412. The van der Waals surface area contributed by atoms with Gasteiger partial charge >= 0.3 is 0 Å². The van der Waals surface area contributed by atoms with Gasteiger partial charge in [-0.15, -0.1) is 0 Å². The van der Waals surface area contributed by atoms with E-state index in [1.807, 2.05) is 19.9 Å². The molecule has 25 heavy (non-hydrogen) atoms. The van der Waals surface area contributed by atoms with Gasteiger partial charge in [-0.05, 0) is 45.2 Å². The smallest absolute Gasteiger partial charge is 0.275 e. The van der Waals surface area contributed by atoms with Gasteiger partial charge in [0.05, 0.1) is 11.6 Å². The van der Waals surface area contributed by atoms with Crippen LogP contribution in [0.3, 0.4) is 0 Å². The van der Waals surface area contributed by atoms with Crippen molar-refractivity contribution in [2.75, 3.05) is 5.32 Å². The standard InChI is InChI=1S/C17H20N6O2/c1-3-22-10(2)9-12-14(17(22)25)15(21-20-12)19-16(24)13-7-8-18-23(13)11-5-4-6-11/h7-9,11H,3-6H2,1-2H3,(H2,19,20,21,24). The first-order chi connectivity index (χ1) is 12.1. The van der Waals surface area contributed by atoms with Gasteiger partial charge in [-0.3, -0.25) is 19.4 Å². The molecule has 1 aliphatic carbocycles. The largest absolute Gasteiger partial charge is 0.312 e. The van der Waals surface area contributed by atoms with Gasteiger partial charge in [-0.1, -0.05) is 0 Å². The topological polar surface area (TPSA) is 97.6 Å². The number of anilines is 1. The summed E-state index contributed by atoms with van der Waals surface area (Å²) in [5, 5.41) is 14.4. The third-order valence-corrected chi connectivity index (χ3v) is 4.90. The van der Waals surface area contributed by atoms with Crippen molar-refractivity contribution < 1.29 is 4.79 Å². The van der Waals surface area contributed by atoms with E-state index >= 15 is 0 Å². The van der Waals surface area contributed by atoms with Crippen LogP contribution in [0.15, 0.2) is 23.1 Å². The predicted molar refractivity (Wildman–Crippen MR) is 93.8 cm³/mol. The minimum Gasteiger partial charge on any atom is -0.312 e. The van der Waals surface area contributed by atoms with E-state index in [1.165, 1.54) is 0 Å². The van der Waals surface area contributed by atoms with Crippen LogP contribution in [-0.2, 0) is 6.54 Å². The minimum atomic E-state index is -0.305. The maximum absolute atomic E-state index is 12.7. The zero-order valence-electron chi connectivity index (χ0n) is 14.2. The number of rotatable bonds is 4. The lowest BCUT2D eigenvalue weighted by Crippen LogP contribution is -2.26. The van der Waals surface area contributed by atoms with Gasteiger partial charge in [0.25, 0.3) is 11.5 Å². The molecule has 3 aromatic rings. The van der Waals surface area contributed by atoms with Gasteiger partial charge in [0, 0.05) is 18.4 Å². The molecule has 1 fully saturated rings. The second-order valence-corrected chi connectivity index (χ2v) is 6.40. The van der Waals surface area contributed by atoms with E-state index in [0.29, 0.717) is 23.1 Å². The number of nitrogens with one attached hydrogen (secondary N) is 2. The molecule has 0 saturated heterocycles. The Kier molecular flexibility index (Phi) is 3.67. The Hall–Kier alpha value is -2.90. The highest BCUT2D eigenvalue weighted by molar-refractivity contribution is 6.06. The summed E-state index contributed by atoms with van der Waals surface area (Å²) in [5.74, 6) is -0.0469. The molecule has 3 aromatic heterocycles. The lowest BCUT2D eigenvalue weighted by Gasteiger charge is -2.27. The molecule has 0 bridgehead atoms. The first-order valence-corrected chi connectivity index (χ1v) is 8.53. The molecule has 3 heterocycles. The summed E-state index contributed by atoms with van der Waals surface area (Å²) < 4.78 is 3.42. The molecule has 0 aliphatic heterocycles. The van der Waals surface area contributed by atoms with Crippen LogP contribution in [0, 0.1) is 6.92 Å². The van der Waals surface area contributed by atoms with Gasteiger partial charge in [0.2, 0.25) is 0 Å². The molecule has 1 amide bonds. The summed E-state index contributed by atoms with van der Waals surface area (Å²) in [7, 11) is 0. The van der Waals surface area contributed by atoms with Crippen LogP contribution >= 0.6 is 0 Å². The number of aryl methyl sites for hydroxylation is 1. The molecule has 1 saturated carbocycles. The monoisotopic (exact) mass is 340 g/mol. The number of aromatic amines is 1. The highest BCUT2D eigenvalue weighted by Crippen LogP contribution is 2.32. The summed E-state index contributed by atoms with van der Waals surface area (Å²) >= 11 is 0. The average molecular weight is 340 g/mol. The third-order valence-electron chi connectivity index (χ3n) is 4.90. The van der Waals surface area contributed by atoms with Crippen molar-refractivity contribution in [1.29, 1.82) is 0 Å². The van der Waals surface area contributed by atoms with Crippen molar-refractivity contribution in [2.24, 2.45) is 0 Å². The number of amides is 1. The summed E-state index contributed by atoms with van der Waals surface area (Å²) in [4.78, 5) is 25.4. The van der Waals surface area contributed by atoms with E-state index in [9.17, 15) is 9.59 Å². The number of carbonyl (C=O) groups is 1. The van der Waals surface area contributed by atoms with Crippen LogP contribution in [0.25, 0.3) is 10.9 Å².